The Morgan fingerprint density at radius 2 is 1.87 bits per heavy atom. The van der Waals surface area contributed by atoms with Gasteiger partial charge < -0.3 is 18.9 Å². The highest BCUT2D eigenvalue weighted by atomic mass is 32.3. The largest absolute Gasteiger partial charge is 0.379 e. The lowest BCUT2D eigenvalue weighted by atomic mass is 9.87. The van der Waals surface area contributed by atoms with Crippen LogP contribution in [-0.4, -0.2) is 87.6 Å². The Labute approximate surface area is 235 Å². The minimum atomic E-state index is -0.569. The smallest absolute Gasteiger partial charge is 0.209 e. The van der Waals surface area contributed by atoms with Crippen LogP contribution in [-0.2, 0) is 26.5 Å². The molecule has 0 spiro atoms. The summed E-state index contributed by atoms with van der Waals surface area (Å²) in [4.78, 5) is 17.2. The first-order chi connectivity index (χ1) is 18.4. The van der Waals surface area contributed by atoms with E-state index < -0.39 is 15.6 Å². The Hall–Kier alpha value is -2.87. The highest BCUT2D eigenvalue weighted by Gasteiger charge is 2.45. The summed E-state index contributed by atoms with van der Waals surface area (Å²) in [6.07, 6.45) is 15.6. The number of methoxy groups -OCH3 is 1. The molecule has 216 valence electrons. The number of nitrogens with zero attached hydrogens (tertiary/aromatic N) is 6. The number of hydrogen-bond acceptors (Lipinski definition) is 6. The van der Waals surface area contributed by atoms with Crippen molar-refractivity contribution in [3.05, 3.63) is 36.9 Å². The van der Waals surface area contributed by atoms with Gasteiger partial charge in [0.05, 0.1) is 30.9 Å². The Morgan fingerprint density at radius 3 is 2.44 bits per heavy atom. The fourth-order valence-electron chi connectivity index (χ4n) is 3.91. The lowest BCUT2D eigenvalue weighted by Gasteiger charge is -2.47. The first kappa shape index (κ1) is 32.3. The molecule has 10 heteroatoms. The van der Waals surface area contributed by atoms with Gasteiger partial charge in [-0.25, -0.2) is 15.0 Å². The molecule has 0 bridgehead atoms. The number of fused-ring (bicyclic) bond motifs is 1. The molecule has 0 radical (unpaired) electrons. The molecule has 3 aromatic heterocycles. The average molecular weight is 559 g/mol. The van der Waals surface area contributed by atoms with Crippen LogP contribution < -0.4 is 0 Å². The van der Waals surface area contributed by atoms with Gasteiger partial charge in [0, 0.05) is 55.5 Å². The van der Waals surface area contributed by atoms with E-state index in [1.165, 1.54) is 0 Å². The third kappa shape index (κ3) is 8.82. The van der Waals surface area contributed by atoms with Crippen LogP contribution in [0.3, 0.4) is 0 Å². The van der Waals surface area contributed by atoms with Gasteiger partial charge in [-0.05, 0) is 57.2 Å². The van der Waals surface area contributed by atoms with Gasteiger partial charge in [0.15, 0.2) is 0 Å². The summed E-state index contributed by atoms with van der Waals surface area (Å²) in [5.41, 5.74) is 2.46. The second kappa shape index (κ2) is 14.0. The number of ether oxygens (including phenoxy) is 2. The number of pyridine rings is 1. The molecule has 39 heavy (non-hydrogen) atoms. The average Bonchev–Trinajstić information content (AvgIpc) is 3.52. The van der Waals surface area contributed by atoms with E-state index in [9.17, 15) is 10.1 Å². The Balaban J connectivity index is 0.000000590. The van der Waals surface area contributed by atoms with Crippen LogP contribution >= 0.6 is 10.0 Å². The zero-order valence-corrected chi connectivity index (χ0v) is 25.9. The molecule has 4 rings (SSSR count). The maximum Gasteiger partial charge on any atom is 0.209 e. The SMILES string of the molecule is CC.COC(C)(C)C.CS(C)(C)CCOCn1ccc2c(-c3cnn(C4(CC#N)CN(C=O)C4)c3)ccnc21. The van der Waals surface area contributed by atoms with Crippen molar-refractivity contribution in [2.75, 3.05) is 51.3 Å². The molecular formula is C29H46N6O3S. The summed E-state index contributed by atoms with van der Waals surface area (Å²) in [5.74, 6) is 1.08. The minimum Gasteiger partial charge on any atom is -0.379 e. The fourth-order valence-corrected chi connectivity index (χ4v) is 4.53. The van der Waals surface area contributed by atoms with Gasteiger partial charge in [-0.1, -0.05) is 13.8 Å². The van der Waals surface area contributed by atoms with Crippen LogP contribution in [0.15, 0.2) is 36.9 Å². The van der Waals surface area contributed by atoms with Crippen molar-refractivity contribution in [1.82, 2.24) is 24.2 Å². The zero-order valence-electron chi connectivity index (χ0n) is 25.1. The highest BCUT2D eigenvalue weighted by molar-refractivity contribution is 8.32. The monoisotopic (exact) mass is 558 g/mol. The summed E-state index contributed by atoms with van der Waals surface area (Å²) in [6.45, 7) is 12.3. The van der Waals surface area contributed by atoms with E-state index in [0.29, 0.717) is 26.2 Å². The van der Waals surface area contributed by atoms with Gasteiger partial charge in [0.25, 0.3) is 0 Å². The van der Waals surface area contributed by atoms with E-state index in [0.717, 1.165) is 40.9 Å². The molecule has 1 aliphatic heterocycles. The van der Waals surface area contributed by atoms with Gasteiger partial charge >= 0.3 is 0 Å². The number of hydrogen-bond donors (Lipinski definition) is 0. The van der Waals surface area contributed by atoms with Crippen LogP contribution in [0.2, 0.25) is 0 Å². The second-order valence-corrected chi connectivity index (χ2v) is 15.9. The Morgan fingerprint density at radius 1 is 1.21 bits per heavy atom. The van der Waals surface area contributed by atoms with Crippen molar-refractivity contribution in [1.29, 1.82) is 5.26 Å². The molecule has 0 aliphatic carbocycles. The molecule has 1 aliphatic rings. The van der Waals surface area contributed by atoms with Gasteiger partial charge in [-0.3, -0.25) is 9.48 Å². The molecular weight excluding hydrogens is 512 g/mol. The Kier molecular flexibility index (Phi) is 11.6. The number of rotatable bonds is 9. The number of nitriles is 1. The predicted octanol–water partition coefficient (Wildman–Crippen LogP) is 5.11. The van der Waals surface area contributed by atoms with Crippen LogP contribution in [0.4, 0.5) is 0 Å². The van der Waals surface area contributed by atoms with Crippen molar-refractivity contribution in [3.63, 3.8) is 0 Å². The first-order valence-electron chi connectivity index (χ1n) is 13.3. The minimum absolute atomic E-state index is 0.0417. The highest BCUT2D eigenvalue weighted by Crippen LogP contribution is 2.35. The van der Waals surface area contributed by atoms with Crippen molar-refractivity contribution in [2.24, 2.45) is 0 Å². The van der Waals surface area contributed by atoms with E-state index >= 15 is 0 Å². The van der Waals surface area contributed by atoms with Crippen molar-refractivity contribution >= 4 is 27.5 Å². The van der Waals surface area contributed by atoms with Gasteiger partial charge in [0.2, 0.25) is 6.41 Å². The summed E-state index contributed by atoms with van der Waals surface area (Å²) < 4.78 is 14.7. The third-order valence-corrected chi connectivity index (χ3v) is 7.67. The van der Waals surface area contributed by atoms with Crippen LogP contribution in [0, 0.1) is 11.3 Å². The topological polar surface area (TPSA) is 98.2 Å². The molecule has 9 nitrogen and oxygen atoms in total. The van der Waals surface area contributed by atoms with Crippen LogP contribution in [0.5, 0.6) is 0 Å². The quantitative estimate of drug-likeness (QED) is 0.268. The molecule has 3 aromatic rings. The summed E-state index contributed by atoms with van der Waals surface area (Å²) in [6, 6.07) is 6.27. The van der Waals surface area contributed by atoms with E-state index in [4.69, 9.17) is 9.47 Å². The van der Waals surface area contributed by atoms with E-state index in [1.54, 1.807) is 18.2 Å². The molecule has 0 saturated carbocycles. The molecule has 0 unspecified atom stereocenters. The van der Waals surface area contributed by atoms with Gasteiger partial charge in [0.1, 0.15) is 17.9 Å². The van der Waals surface area contributed by atoms with Gasteiger partial charge in [-0.2, -0.15) is 10.4 Å². The molecule has 1 fully saturated rings. The molecule has 0 atom stereocenters. The molecule has 0 N–H and O–H groups in total. The first-order valence-corrected chi connectivity index (χ1v) is 16.3. The summed E-state index contributed by atoms with van der Waals surface area (Å²) in [5, 5.41) is 14.8. The number of amides is 1. The maximum absolute atomic E-state index is 11.0. The van der Waals surface area contributed by atoms with Crippen molar-refractivity contribution < 1.29 is 14.3 Å². The normalized spacial score (nSPS) is 14.8. The van der Waals surface area contributed by atoms with E-state index in [2.05, 4.69) is 41.0 Å². The van der Waals surface area contributed by atoms with E-state index in [-0.39, 0.29) is 5.60 Å². The molecule has 1 saturated heterocycles. The van der Waals surface area contributed by atoms with Crippen molar-refractivity contribution in [3.8, 4) is 17.2 Å². The summed E-state index contributed by atoms with van der Waals surface area (Å²) >= 11 is 0. The second-order valence-electron chi connectivity index (χ2n) is 11.3. The number of carbonyl (C=O) groups is 1. The van der Waals surface area contributed by atoms with Crippen molar-refractivity contribution in [2.45, 2.75) is 58.9 Å². The summed E-state index contributed by atoms with van der Waals surface area (Å²) in [7, 11) is 1.14. The van der Waals surface area contributed by atoms with E-state index in [1.807, 2.05) is 68.5 Å². The molecule has 4 heterocycles. The third-order valence-electron chi connectivity index (χ3n) is 6.28. The standard InChI is InChI=1S/C22H28N6O2S.C5H12O.C2H6/c1-31(2,3)11-10-30-17-27-9-5-20-19(4-8-24-21(20)27)18-12-25-28(13-18)22(6-7-23)14-26(15-22)16-29;1-5(2,3)6-4;1-2/h4-5,8-9,12-13,16H,6,10-11,14-15,17H2,1-3H3;1-4H3;1-2H3. The lowest BCUT2D eigenvalue weighted by Crippen LogP contribution is -2.62. The zero-order chi connectivity index (χ0) is 29.3. The predicted molar refractivity (Wildman–Crippen MR) is 161 cm³/mol. The number of aromatic nitrogens is 4. The number of carbonyl (C=O) groups excluding carboxylic acids is 1. The lowest BCUT2D eigenvalue weighted by molar-refractivity contribution is -0.128. The van der Waals surface area contributed by atoms with Gasteiger partial charge in [-0.15, -0.1) is 0 Å². The van der Waals surface area contributed by atoms with Crippen LogP contribution in [0.1, 0.15) is 41.0 Å². The molecule has 1 amide bonds. The van der Waals surface area contributed by atoms with Crippen LogP contribution in [0.25, 0.3) is 22.2 Å². The maximum atomic E-state index is 11.0. The number of likely N-dealkylation sites (tertiary alicyclic amines) is 1. The fraction of sp³-hybridized carbons (Fsp3) is 0.586. The Bertz CT molecular complexity index is 1230. The molecule has 0 aromatic carbocycles.